The molecule has 0 radical (unpaired) electrons. The van der Waals surface area contributed by atoms with Crippen molar-refractivity contribution in [3.8, 4) is 39.1 Å². The molecule has 0 saturated heterocycles. The van der Waals surface area contributed by atoms with E-state index in [4.69, 9.17) is 0 Å². The molecule has 0 N–H and O–H groups in total. The van der Waals surface area contributed by atoms with Crippen molar-refractivity contribution >= 4 is 43.4 Å². The van der Waals surface area contributed by atoms with Crippen molar-refractivity contribution in [2.75, 3.05) is 0 Å². The van der Waals surface area contributed by atoms with E-state index >= 15 is 0 Å². The van der Waals surface area contributed by atoms with Crippen LogP contribution in [0.25, 0.3) is 82.4 Å². The SMILES string of the molecule is Cc1cc(-c2c3ccccc3c(-c3ccccc3)c3ccccc23)c(C)cc1-c1ccc(-n2c3ccccc3c3ccccc32)cc1. The summed E-state index contributed by atoms with van der Waals surface area (Å²) in [5.74, 6) is 0. The summed E-state index contributed by atoms with van der Waals surface area (Å²) in [4.78, 5) is 0. The minimum Gasteiger partial charge on any atom is -0.309 e. The maximum atomic E-state index is 2.40. The molecule has 1 heterocycles. The molecular weight excluding hydrogens is 567 g/mol. The van der Waals surface area contributed by atoms with Crippen molar-refractivity contribution in [1.29, 1.82) is 0 Å². The van der Waals surface area contributed by atoms with E-state index in [9.17, 15) is 0 Å². The van der Waals surface area contributed by atoms with Crippen molar-refractivity contribution in [2.45, 2.75) is 13.8 Å². The van der Waals surface area contributed by atoms with Crippen LogP contribution in [0.5, 0.6) is 0 Å². The molecule has 1 aromatic heterocycles. The maximum Gasteiger partial charge on any atom is 0.0541 e. The molecule has 0 aliphatic heterocycles. The second kappa shape index (κ2) is 10.9. The van der Waals surface area contributed by atoms with Crippen molar-refractivity contribution in [1.82, 2.24) is 4.57 Å². The number of aromatic nitrogens is 1. The number of hydrogen-bond donors (Lipinski definition) is 0. The summed E-state index contributed by atoms with van der Waals surface area (Å²) >= 11 is 0. The fraction of sp³-hybridized carbons (Fsp3) is 0.0435. The lowest BCUT2D eigenvalue weighted by atomic mass is 9.83. The van der Waals surface area contributed by atoms with Crippen LogP contribution in [-0.4, -0.2) is 4.57 Å². The van der Waals surface area contributed by atoms with E-state index in [0.29, 0.717) is 0 Å². The van der Waals surface area contributed by atoms with Crippen LogP contribution in [-0.2, 0) is 0 Å². The monoisotopic (exact) mass is 599 g/mol. The lowest BCUT2D eigenvalue weighted by Crippen LogP contribution is -1.95. The van der Waals surface area contributed by atoms with Gasteiger partial charge in [-0.15, -0.1) is 0 Å². The van der Waals surface area contributed by atoms with Gasteiger partial charge in [-0.25, -0.2) is 0 Å². The van der Waals surface area contributed by atoms with E-state index in [1.54, 1.807) is 0 Å². The van der Waals surface area contributed by atoms with Crippen molar-refractivity contribution in [2.24, 2.45) is 0 Å². The number of hydrogen-bond acceptors (Lipinski definition) is 0. The van der Waals surface area contributed by atoms with Crippen LogP contribution < -0.4 is 0 Å². The predicted octanol–water partition coefficient (Wildman–Crippen LogP) is 12.7. The smallest absolute Gasteiger partial charge is 0.0541 e. The average molecular weight is 600 g/mol. The fourth-order valence-corrected chi connectivity index (χ4v) is 7.72. The van der Waals surface area contributed by atoms with Crippen LogP contribution in [0.15, 0.2) is 164 Å². The zero-order valence-corrected chi connectivity index (χ0v) is 26.5. The molecule has 0 aliphatic rings. The van der Waals surface area contributed by atoms with E-state index in [2.05, 4.69) is 182 Å². The Morgan fingerprint density at radius 3 is 1.32 bits per heavy atom. The highest BCUT2D eigenvalue weighted by molar-refractivity contribution is 6.21. The highest BCUT2D eigenvalue weighted by atomic mass is 15.0. The molecule has 9 rings (SSSR count). The molecule has 9 aromatic rings. The Balaban J connectivity index is 1.19. The van der Waals surface area contributed by atoms with Crippen molar-refractivity contribution in [3.63, 3.8) is 0 Å². The molecule has 47 heavy (non-hydrogen) atoms. The largest absolute Gasteiger partial charge is 0.309 e. The van der Waals surface area contributed by atoms with Gasteiger partial charge in [0.1, 0.15) is 0 Å². The summed E-state index contributed by atoms with van der Waals surface area (Å²) in [6.07, 6.45) is 0. The van der Waals surface area contributed by atoms with Gasteiger partial charge in [-0.1, -0.05) is 140 Å². The van der Waals surface area contributed by atoms with E-state index in [1.807, 2.05) is 0 Å². The van der Waals surface area contributed by atoms with Gasteiger partial charge >= 0.3 is 0 Å². The third-order valence-corrected chi connectivity index (χ3v) is 9.85. The zero-order chi connectivity index (χ0) is 31.5. The number of aryl methyl sites for hydroxylation is 2. The summed E-state index contributed by atoms with van der Waals surface area (Å²) in [6.45, 7) is 4.52. The first-order valence-corrected chi connectivity index (χ1v) is 16.4. The number of nitrogens with zero attached hydrogens (tertiary/aromatic N) is 1. The lowest BCUT2D eigenvalue weighted by molar-refractivity contribution is 1.18. The van der Waals surface area contributed by atoms with E-state index in [-0.39, 0.29) is 0 Å². The fourth-order valence-electron chi connectivity index (χ4n) is 7.72. The molecule has 0 atom stereocenters. The van der Waals surface area contributed by atoms with Gasteiger partial charge in [-0.3, -0.25) is 0 Å². The van der Waals surface area contributed by atoms with Crippen LogP contribution in [0, 0.1) is 13.8 Å². The topological polar surface area (TPSA) is 4.93 Å². The molecular formula is C46H33N. The summed E-state index contributed by atoms with van der Waals surface area (Å²) < 4.78 is 2.38. The molecule has 0 unspecified atom stereocenters. The first kappa shape index (κ1) is 27.4. The molecule has 0 bridgehead atoms. The Morgan fingerprint density at radius 2 is 0.766 bits per heavy atom. The Morgan fingerprint density at radius 1 is 0.340 bits per heavy atom. The van der Waals surface area contributed by atoms with Crippen LogP contribution in [0.3, 0.4) is 0 Å². The van der Waals surface area contributed by atoms with E-state index in [1.165, 1.54) is 93.5 Å². The Hall–Kier alpha value is -5.92. The van der Waals surface area contributed by atoms with Gasteiger partial charge in [0.05, 0.1) is 11.0 Å². The first-order valence-electron chi connectivity index (χ1n) is 16.4. The minimum atomic E-state index is 1.17. The van der Waals surface area contributed by atoms with Crippen LogP contribution >= 0.6 is 0 Å². The number of benzene rings is 8. The normalized spacial score (nSPS) is 11.6. The third-order valence-electron chi connectivity index (χ3n) is 9.85. The Labute approximate surface area is 275 Å². The average Bonchev–Trinajstić information content (AvgIpc) is 3.46. The molecule has 0 fully saturated rings. The lowest BCUT2D eigenvalue weighted by Gasteiger charge is -2.20. The molecule has 222 valence electrons. The molecule has 0 amide bonds. The summed E-state index contributed by atoms with van der Waals surface area (Å²) in [7, 11) is 0. The van der Waals surface area contributed by atoms with Gasteiger partial charge in [0.25, 0.3) is 0 Å². The minimum absolute atomic E-state index is 1.17. The Bertz CT molecular complexity index is 2510. The molecule has 1 heteroatoms. The summed E-state index contributed by atoms with van der Waals surface area (Å²) in [5.41, 5.74) is 13.8. The molecule has 1 nitrogen and oxygen atoms in total. The highest BCUT2D eigenvalue weighted by Gasteiger charge is 2.19. The third kappa shape index (κ3) is 4.31. The summed E-state index contributed by atoms with van der Waals surface area (Å²) in [6, 6.07) is 59.9. The van der Waals surface area contributed by atoms with E-state index < -0.39 is 0 Å². The number of fused-ring (bicyclic) bond motifs is 5. The van der Waals surface area contributed by atoms with Gasteiger partial charge in [0.2, 0.25) is 0 Å². The van der Waals surface area contributed by atoms with Crippen LogP contribution in [0.1, 0.15) is 11.1 Å². The molecule has 0 spiro atoms. The highest BCUT2D eigenvalue weighted by Crippen LogP contribution is 2.45. The predicted molar refractivity (Wildman–Crippen MR) is 202 cm³/mol. The number of rotatable bonds is 4. The van der Waals surface area contributed by atoms with Gasteiger partial charge in [0.15, 0.2) is 0 Å². The van der Waals surface area contributed by atoms with Crippen molar-refractivity contribution < 1.29 is 0 Å². The van der Waals surface area contributed by atoms with Gasteiger partial charge in [0, 0.05) is 16.5 Å². The zero-order valence-electron chi connectivity index (χ0n) is 26.5. The molecule has 0 saturated carbocycles. The van der Waals surface area contributed by atoms with Gasteiger partial charge in [-0.05, 0) is 104 Å². The van der Waals surface area contributed by atoms with Crippen molar-refractivity contribution in [3.05, 3.63) is 175 Å². The number of para-hydroxylation sites is 2. The quantitative estimate of drug-likeness (QED) is 0.177. The summed E-state index contributed by atoms with van der Waals surface area (Å²) in [5, 5.41) is 7.71. The molecule has 0 aliphatic carbocycles. The van der Waals surface area contributed by atoms with Crippen LogP contribution in [0.2, 0.25) is 0 Å². The Kier molecular flexibility index (Phi) is 6.33. The second-order valence-electron chi connectivity index (χ2n) is 12.6. The van der Waals surface area contributed by atoms with Gasteiger partial charge < -0.3 is 4.57 Å². The van der Waals surface area contributed by atoms with Crippen LogP contribution in [0.4, 0.5) is 0 Å². The second-order valence-corrected chi connectivity index (χ2v) is 12.6. The van der Waals surface area contributed by atoms with E-state index in [0.717, 1.165) is 0 Å². The standard InChI is InChI=1S/C46H33N/c1-30-29-42(46-39-20-8-6-18-37(39)45(33-14-4-3-5-15-33)38-19-7-9-21-40(38)46)31(2)28-41(30)32-24-26-34(27-25-32)47-43-22-12-10-16-35(43)36-17-11-13-23-44(36)47/h3-29H,1-2H3. The van der Waals surface area contributed by atoms with Gasteiger partial charge in [-0.2, -0.15) is 0 Å². The first-order chi connectivity index (χ1) is 23.2. The molecule has 8 aromatic carbocycles. The maximum absolute atomic E-state index is 2.40.